The van der Waals surface area contributed by atoms with Gasteiger partial charge >= 0.3 is 0 Å². The minimum Gasteiger partial charge on any atom is -0.361 e. The molecule has 0 aliphatic carbocycles. The van der Waals surface area contributed by atoms with Gasteiger partial charge in [-0.2, -0.15) is 0 Å². The summed E-state index contributed by atoms with van der Waals surface area (Å²) in [5.74, 6) is 0. The van der Waals surface area contributed by atoms with E-state index in [-0.39, 0.29) is 0 Å². The molecule has 0 bridgehead atoms. The Morgan fingerprint density at radius 3 is 2.73 bits per heavy atom. The van der Waals surface area contributed by atoms with Crippen molar-refractivity contribution >= 4 is 10.9 Å². The van der Waals surface area contributed by atoms with Crippen molar-refractivity contribution in [2.45, 2.75) is 13.8 Å². The summed E-state index contributed by atoms with van der Waals surface area (Å²) in [6, 6.07) is 15.1. The molecule has 0 aliphatic heterocycles. The molecule has 0 aliphatic rings. The molecule has 0 saturated carbocycles. The van der Waals surface area contributed by atoms with Crippen molar-refractivity contribution in [3.05, 3.63) is 72.4 Å². The van der Waals surface area contributed by atoms with E-state index in [2.05, 4.69) is 70.1 Å². The summed E-state index contributed by atoms with van der Waals surface area (Å²) < 4.78 is 2.07. The molecule has 1 N–H and O–H groups in total. The van der Waals surface area contributed by atoms with Crippen LogP contribution in [0.2, 0.25) is 0 Å². The number of aromatic amines is 1. The van der Waals surface area contributed by atoms with Crippen LogP contribution in [0, 0.1) is 13.8 Å². The van der Waals surface area contributed by atoms with Crippen molar-refractivity contribution in [3.8, 4) is 16.8 Å². The number of hydrogen-bond acceptors (Lipinski definition) is 1. The average molecular weight is 287 g/mol. The summed E-state index contributed by atoms with van der Waals surface area (Å²) in [6.07, 6.45) is 5.91. The van der Waals surface area contributed by atoms with Gasteiger partial charge < -0.3 is 9.55 Å². The maximum absolute atomic E-state index is 4.31. The third kappa shape index (κ3) is 2.02. The number of rotatable bonds is 2. The lowest BCUT2D eigenvalue weighted by Crippen LogP contribution is -1.94. The van der Waals surface area contributed by atoms with Crippen LogP contribution in [-0.4, -0.2) is 14.5 Å². The molecule has 2 aromatic heterocycles. The summed E-state index contributed by atoms with van der Waals surface area (Å²) in [4.78, 5) is 7.58. The SMILES string of the molecule is Cc1cn(-c2ccc(-c3cccc4[nH]ccc34)cc2C)cn1. The topological polar surface area (TPSA) is 33.6 Å². The van der Waals surface area contributed by atoms with Crippen LogP contribution < -0.4 is 0 Å². The van der Waals surface area contributed by atoms with Crippen molar-refractivity contribution < 1.29 is 0 Å². The molecule has 4 rings (SSSR count). The van der Waals surface area contributed by atoms with Gasteiger partial charge in [0.15, 0.2) is 0 Å². The quantitative estimate of drug-likeness (QED) is 0.572. The Labute approximate surface area is 129 Å². The fourth-order valence-electron chi connectivity index (χ4n) is 3.00. The summed E-state index contributed by atoms with van der Waals surface area (Å²) in [6.45, 7) is 4.15. The van der Waals surface area contributed by atoms with Gasteiger partial charge in [-0.25, -0.2) is 4.98 Å². The Morgan fingerprint density at radius 1 is 1.05 bits per heavy atom. The van der Waals surface area contributed by atoms with Gasteiger partial charge in [0.25, 0.3) is 0 Å². The normalized spacial score (nSPS) is 11.2. The molecule has 0 spiro atoms. The highest BCUT2D eigenvalue weighted by Gasteiger charge is 2.07. The van der Waals surface area contributed by atoms with E-state index in [4.69, 9.17) is 0 Å². The van der Waals surface area contributed by atoms with E-state index < -0.39 is 0 Å². The maximum Gasteiger partial charge on any atom is 0.0995 e. The second kappa shape index (κ2) is 4.88. The lowest BCUT2D eigenvalue weighted by Gasteiger charge is -2.10. The van der Waals surface area contributed by atoms with Crippen LogP contribution in [0.1, 0.15) is 11.3 Å². The van der Waals surface area contributed by atoms with Crippen LogP contribution in [0.5, 0.6) is 0 Å². The highest BCUT2D eigenvalue weighted by atomic mass is 15.0. The third-order valence-electron chi connectivity index (χ3n) is 4.09. The smallest absolute Gasteiger partial charge is 0.0995 e. The zero-order valence-corrected chi connectivity index (χ0v) is 12.7. The fourth-order valence-corrected chi connectivity index (χ4v) is 3.00. The molecule has 0 unspecified atom stereocenters. The number of hydrogen-bond donors (Lipinski definition) is 1. The molecule has 0 atom stereocenters. The van der Waals surface area contributed by atoms with Gasteiger partial charge in [-0.15, -0.1) is 0 Å². The molecular weight excluding hydrogens is 270 g/mol. The van der Waals surface area contributed by atoms with Crippen LogP contribution in [0.4, 0.5) is 0 Å². The molecule has 3 heteroatoms. The van der Waals surface area contributed by atoms with Gasteiger partial charge in [0, 0.05) is 29.0 Å². The number of nitrogens with one attached hydrogen (secondary N) is 1. The summed E-state index contributed by atoms with van der Waals surface area (Å²) in [5.41, 5.74) is 7.11. The van der Waals surface area contributed by atoms with E-state index in [1.165, 1.54) is 33.3 Å². The fraction of sp³-hybridized carbons (Fsp3) is 0.105. The van der Waals surface area contributed by atoms with E-state index >= 15 is 0 Å². The molecule has 2 aromatic carbocycles. The van der Waals surface area contributed by atoms with E-state index in [1.54, 1.807) is 0 Å². The first-order valence-electron chi connectivity index (χ1n) is 7.40. The molecule has 2 heterocycles. The summed E-state index contributed by atoms with van der Waals surface area (Å²) in [5, 5.41) is 1.26. The van der Waals surface area contributed by atoms with Crippen LogP contribution in [0.15, 0.2) is 61.2 Å². The molecule has 0 radical (unpaired) electrons. The van der Waals surface area contributed by atoms with Crippen LogP contribution in [0.3, 0.4) is 0 Å². The minimum atomic E-state index is 1.03. The Bertz CT molecular complexity index is 960. The number of aromatic nitrogens is 3. The molecule has 4 aromatic rings. The molecule has 22 heavy (non-hydrogen) atoms. The predicted molar refractivity (Wildman–Crippen MR) is 90.3 cm³/mol. The van der Waals surface area contributed by atoms with Gasteiger partial charge in [-0.3, -0.25) is 0 Å². The summed E-state index contributed by atoms with van der Waals surface area (Å²) in [7, 11) is 0. The number of fused-ring (bicyclic) bond motifs is 1. The molecule has 108 valence electrons. The highest BCUT2D eigenvalue weighted by molar-refractivity contribution is 5.95. The molecule has 0 amide bonds. The largest absolute Gasteiger partial charge is 0.361 e. The standard InChI is InChI=1S/C19H17N3/c1-13-10-15(6-7-19(13)22-11-14(2)21-12-22)16-4-3-5-18-17(16)8-9-20-18/h3-12,20H,1-2H3. The number of imidazole rings is 1. The van der Waals surface area contributed by atoms with Crippen molar-refractivity contribution in [1.29, 1.82) is 0 Å². The zero-order valence-electron chi connectivity index (χ0n) is 12.7. The van der Waals surface area contributed by atoms with Gasteiger partial charge in [-0.05, 0) is 54.8 Å². The number of benzene rings is 2. The van der Waals surface area contributed by atoms with E-state index in [0.29, 0.717) is 0 Å². The van der Waals surface area contributed by atoms with Gasteiger partial charge in [0.05, 0.1) is 12.0 Å². The third-order valence-corrected chi connectivity index (χ3v) is 4.09. The number of aryl methyl sites for hydroxylation is 2. The Hall–Kier alpha value is -2.81. The first kappa shape index (κ1) is 12.9. The monoisotopic (exact) mass is 287 g/mol. The van der Waals surface area contributed by atoms with E-state index in [9.17, 15) is 0 Å². The number of H-pyrrole nitrogens is 1. The van der Waals surface area contributed by atoms with Gasteiger partial charge in [0.1, 0.15) is 0 Å². The van der Waals surface area contributed by atoms with Crippen molar-refractivity contribution in [1.82, 2.24) is 14.5 Å². The first-order valence-corrected chi connectivity index (χ1v) is 7.40. The Morgan fingerprint density at radius 2 is 1.95 bits per heavy atom. The first-order chi connectivity index (χ1) is 10.7. The summed E-state index contributed by atoms with van der Waals surface area (Å²) >= 11 is 0. The second-order valence-corrected chi connectivity index (χ2v) is 5.67. The number of nitrogens with zero attached hydrogens (tertiary/aromatic N) is 2. The maximum atomic E-state index is 4.31. The lowest BCUT2D eigenvalue weighted by atomic mass is 9.99. The van der Waals surface area contributed by atoms with Crippen LogP contribution in [-0.2, 0) is 0 Å². The lowest BCUT2D eigenvalue weighted by molar-refractivity contribution is 1.04. The van der Waals surface area contributed by atoms with Gasteiger partial charge in [-0.1, -0.05) is 18.2 Å². The zero-order chi connectivity index (χ0) is 15.1. The molecule has 0 fully saturated rings. The Kier molecular flexibility index (Phi) is 2.86. The van der Waals surface area contributed by atoms with E-state index in [0.717, 1.165) is 5.69 Å². The minimum absolute atomic E-state index is 1.03. The van der Waals surface area contributed by atoms with Crippen molar-refractivity contribution in [3.63, 3.8) is 0 Å². The van der Waals surface area contributed by atoms with Crippen LogP contribution in [0.25, 0.3) is 27.7 Å². The van der Waals surface area contributed by atoms with Crippen LogP contribution >= 0.6 is 0 Å². The average Bonchev–Trinajstić information content (AvgIpc) is 3.15. The predicted octanol–water partition coefficient (Wildman–Crippen LogP) is 4.64. The Balaban J connectivity index is 1.84. The molecule has 3 nitrogen and oxygen atoms in total. The van der Waals surface area contributed by atoms with Crippen molar-refractivity contribution in [2.75, 3.05) is 0 Å². The molecule has 0 saturated heterocycles. The second-order valence-electron chi connectivity index (χ2n) is 5.67. The van der Waals surface area contributed by atoms with Gasteiger partial charge in [0.2, 0.25) is 0 Å². The molecular formula is C19H17N3. The van der Waals surface area contributed by atoms with E-state index in [1.807, 2.05) is 19.4 Å². The highest BCUT2D eigenvalue weighted by Crippen LogP contribution is 2.30. The van der Waals surface area contributed by atoms with Crippen molar-refractivity contribution in [2.24, 2.45) is 0 Å².